The summed E-state index contributed by atoms with van der Waals surface area (Å²) < 4.78 is 6.19. The quantitative estimate of drug-likeness (QED) is 0.389. The molecule has 0 aliphatic rings. The van der Waals surface area contributed by atoms with Crippen LogP contribution in [0.1, 0.15) is 30.3 Å². The fourth-order valence-corrected chi connectivity index (χ4v) is 3.96. The van der Waals surface area contributed by atoms with Crippen molar-refractivity contribution in [2.24, 2.45) is 0 Å². The van der Waals surface area contributed by atoms with Crippen molar-refractivity contribution in [3.05, 3.63) is 99.0 Å². The van der Waals surface area contributed by atoms with Crippen molar-refractivity contribution in [3.8, 4) is 11.5 Å². The van der Waals surface area contributed by atoms with E-state index < -0.39 is 29.2 Å². The molecule has 0 saturated heterocycles. The first-order chi connectivity index (χ1) is 16.4. The maximum Gasteiger partial charge on any atom is 0.329 e. The van der Waals surface area contributed by atoms with E-state index in [2.05, 4.69) is 15.3 Å². The molecule has 9 nitrogen and oxygen atoms in total. The first-order valence-corrected chi connectivity index (χ1v) is 10.7. The van der Waals surface area contributed by atoms with Crippen LogP contribution in [0.2, 0.25) is 0 Å². The largest absolute Gasteiger partial charge is 0.507 e. The summed E-state index contributed by atoms with van der Waals surface area (Å²) in [5.74, 6) is -0.329. The molecule has 9 heteroatoms. The fraction of sp³-hybridized carbons (Fsp3) is 0.200. The molecule has 34 heavy (non-hydrogen) atoms. The SMILES string of the molecule is COc1cccnc1[C@@H](C)NC(=O)[C@H](Cc1ccccc1)n1c(=O)[nH]c2cccc(O)c2c1=O. The monoisotopic (exact) mass is 460 g/mol. The predicted octanol–water partition coefficient (Wildman–Crippen LogP) is 2.46. The van der Waals surface area contributed by atoms with Gasteiger partial charge in [-0.05, 0) is 36.8 Å². The molecule has 0 radical (unpaired) electrons. The zero-order chi connectivity index (χ0) is 24.2. The van der Waals surface area contributed by atoms with Crippen LogP contribution < -0.4 is 21.3 Å². The van der Waals surface area contributed by atoms with Gasteiger partial charge in [0.05, 0.1) is 18.7 Å². The highest BCUT2D eigenvalue weighted by atomic mass is 16.5. The second-order valence-electron chi connectivity index (χ2n) is 7.83. The van der Waals surface area contributed by atoms with E-state index >= 15 is 0 Å². The van der Waals surface area contributed by atoms with Gasteiger partial charge in [-0.1, -0.05) is 36.4 Å². The number of hydrogen-bond donors (Lipinski definition) is 3. The molecule has 0 aliphatic heterocycles. The lowest BCUT2D eigenvalue weighted by atomic mass is 10.0. The van der Waals surface area contributed by atoms with Gasteiger partial charge in [0.1, 0.15) is 28.6 Å². The predicted molar refractivity (Wildman–Crippen MR) is 127 cm³/mol. The Labute approximate surface area is 194 Å². The summed E-state index contributed by atoms with van der Waals surface area (Å²) in [7, 11) is 1.51. The molecule has 4 aromatic rings. The van der Waals surface area contributed by atoms with E-state index in [4.69, 9.17) is 4.74 Å². The van der Waals surface area contributed by atoms with Crippen LogP contribution in [-0.4, -0.2) is 32.7 Å². The first kappa shape index (κ1) is 22.8. The van der Waals surface area contributed by atoms with Crippen LogP contribution in [0, 0.1) is 0 Å². The molecule has 2 aromatic carbocycles. The number of rotatable bonds is 7. The number of aromatic amines is 1. The zero-order valence-electron chi connectivity index (χ0n) is 18.7. The highest BCUT2D eigenvalue weighted by molar-refractivity contribution is 5.85. The normalized spacial score (nSPS) is 12.8. The minimum atomic E-state index is -1.18. The number of benzene rings is 2. The maximum atomic E-state index is 13.5. The summed E-state index contributed by atoms with van der Waals surface area (Å²) in [4.78, 5) is 46.7. The zero-order valence-corrected chi connectivity index (χ0v) is 18.7. The molecule has 0 aliphatic carbocycles. The number of fused-ring (bicyclic) bond motifs is 1. The molecule has 0 unspecified atom stereocenters. The fourth-order valence-electron chi connectivity index (χ4n) is 3.96. The molecular weight excluding hydrogens is 436 g/mol. The topological polar surface area (TPSA) is 126 Å². The Hall–Kier alpha value is -4.40. The van der Waals surface area contributed by atoms with Gasteiger partial charge in [0.15, 0.2) is 0 Å². The number of methoxy groups -OCH3 is 1. The van der Waals surface area contributed by atoms with Crippen LogP contribution in [0.5, 0.6) is 11.5 Å². The molecular formula is C25H24N4O5. The Morgan fingerprint density at radius 3 is 2.62 bits per heavy atom. The highest BCUT2D eigenvalue weighted by Gasteiger charge is 2.28. The molecule has 2 atom stereocenters. The Bertz CT molecular complexity index is 1450. The van der Waals surface area contributed by atoms with Crippen molar-refractivity contribution < 1.29 is 14.6 Å². The van der Waals surface area contributed by atoms with E-state index in [1.807, 2.05) is 30.3 Å². The Morgan fingerprint density at radius 2 is 1.88 bits per heavy atom. The molecule has 174 valence electrons. The molecule has 0 spiro atoms. The third-order valence-electron chi connectivity index (χ3n) is 5.61. The Kier molecular flexibility index (Phi) is 6.44. The second kappa shape index (κ2) is 9.62. The van der Waals surface area contributed by atoms with Crippen LogP contribution in [-0.2, 0) is 11.2 Å². The smallest absolute Gasteiger partial charge is 0.329 e. The molecule has 4 rings (SSSR count). The van der Waals surface area contributed by atoms with E-state index in [0.717, 1.165) is 10.1 Å². The van der Waals surface area contributed by atoms with E-state index in [1.165, 1.54) is 25.3 Å². The number of carbonyl (C=O) groups excluding carboxylic acids is 1. The van der Waals surface area contributed by atoms with Gasteiger partial charge in [-0.15, -0.1) is 0 Å². The van der Waals surface area contributed by atoms with Crippen molar-refractivity contribution in [1.82, 2.24) is 19.9 Å². The van der Waals surface area contributed by atoms with Crippen molar-refractivity contribution in [3.63, 3.8) is 0 Å². The lowest BCUT2D eigenvalue weighted by molar-refractivity contribution is -0.125. The van der Waals surface area contributed by atoms with Crippen LogP contribution in [0.25, 0.3) is 10.9 Å². The Balaban J connectivity index is 1.79. The minimum absolute atomic E-state index is 0.0626. The number of ether oxygens (including phenoxy) is 1. The van der Waals surface area contributed by atoms with Gasteiger partial charge in [-0.25, -0.2) is 9.36 Å². The van der Waals surface area contributed by atoms with Crippen molar-refractivity contribution >= 4 is 16.8 Å². The first-order valence-electron chi connectivity index (χ1n) is 10.7. The molecule has 1 amide bonds. The van der Waals surface area contributed by atoms with Gasteiger partial charge in [-0.3, -0.25) is 14.6 Å². The summed E-state index contributed by atoms with van der Waals surface area (Å²) in [5.41, 5.74) is -0.0430. The van der Waals surface area contributed by atoms with E-state index in [-0.39, 0.29) is 23.1 Å². The van der Waals surface area contributed by atoms with Crippen LogP contribution in [0.15, 0.2) is 76.4 Å². The second-order valence-corrected chi connectivity index (χ2v) is 7.83. The van der Waals surface area contributed by atoms with Crippen LogP contribution in [0.4, 0.5) is 0 Å². The molecule has 2 aromatic heterocycles. The summed E-state index contributed by atoms with van der Waals surface area (Å²) in [5, 5.41) is 13.1. The number of pyridine rings is 1. The number of carbonyl (C=O) groups is 1. The van der Waals surface area contributed by atoms with Gasteiger partial charge in [-0.2, -0.15) is 0 Å². The number of aromatic hydroxyl groups is 1. The van der Waals surface area contributed by atoms with Gasteiger partial charge in [0.2, 0.25) is 5.91 Å². The lowest BCUT2D eigenvalue weighted by Gasteiger charge is -2.22. The minimum Gasteiger partial charge on any atom is -0.507 e. The number of nitrogens with one attached hydrogen (secondary N) is 2. The Morgan fingerprint density at radius 1 is 1.12 bits per heavy atom. The highest BCUT2D eigenvalue weighted by Crippen LogP contribution is 2.24. The number of H-pyrrole nitrogens is 1. The molecule has 0 fully saturated rings. The molecule has 0 bridgehead atoms. The summed E-state index contributed by atoms with van der Waals surface area (Å²) >= 11 is 0. The van der Waals surface area contributed by atoms with E-state index in [0.29, 0.717) is 11.4 Å². The van der Waals surface area contributed by atoms with E-state index in [1.54, 1.807) is 25.3 Å². The van der Waals surface area contributed by atoms with Crippen molar-refractivity contribution in [2.75, 3.05) is 7.11 Å². The third-order valence-corrected chi connectivity index (χ3v) is 5.61. The average Bonchev–Trinajstić information content (AvgIpc) is 2.83. The summed E-state index contributed by atoms with van der Waals surface area (Å²) in [6, 6.07) is 15.2. The number of phenols is 1. The lowest BCUT2D eigenvalue weighted by Crippen LogP contribution is -2.46. The molecule has 2 heterocycles. The summed E-state index contributed by atoms with van der Waals surface area (Å²) in [6.45, 7) is 1.74. The number of aromatic nitrogens is 3. The van der Waals surface area contributed by atoms with Crippen LogP contribution in [0.3, 0.4) is 0 Å². The van der Waals surface area contributed by atoms with Gasteiger partial charge >= 0.3 is 5.69 Å². The number of amides is 1. The number of phenolic OH excluding ortho intramolecular Hbond substituents is 1. The maximum absolute atomic E-state index is 13.5. The number of nitrogens with zero attached hydrogens (tertiary/aromatic N) is 2. The average molecular weight is 460 g/mol. The molecule has 3 N–H and O–H groups in total. The van der Waals surface area contributed by atoms with Crippen LogP contribution >= 0.6 is 0 Å². The van der Waals surface area contributed by atoms with Gasteiger partial charge in [0, 0.05) is 12.6 Å². The summed E-state index contributed by atoms with van der Waals surface area (Å²) in [6.07, 6.45) is 1.67. The van der Waals surface area contributed by atoms with Crippen molar-refractivity contribution in [1.29, 1.82) is 0 Å². The number of hydrogen-bond acceptors (Lipinski definition) is 6. The molecule has 0 saturated carbocycles. The van der Waals surface area contributed by atoms with Crippen molar-refractivity contribution in [2.45, 2.75) is 25.4 Å². The van der Waals surface area contributed by atoms with E-state index in [9.17, 15) is 19.5 Å². The van der Waals surface area contributed by atoms with Gasteiger partial charge < -0.3 is 20.1 Å². The third kappa shape index (κ3) is 4.40. The standard InChI is InChI=1S/C25H24N4O5/c1-15(22-20(34-2)12-7-13-26-22)27-23(31)18(14-16-8-4-3-5-9-16)29-24(32)21-17(28-25(29)33)10-6-11-19(21)30/h3-13,15,18,30H,14H2,1-2H3,(H,27,31)(H,28,33)/t15-,18+/m1/s1. The van der Waals surface area contributed by atoms with Gasteiger partial charge in [0.25, 0.3) is 5.56 Å².